The Balaban J connectivity index is 1.54. The number of carbonyl (C=O) groups is 2. The fraction of sp³-hybridized carbons (Fsp3) is 0.312. The Labute approximate surface area is 148 Å². The number of likely N-dealkylation sites (N-methyl/N-ethyl adjacent to an activating group) is 1. The fourth-order valence-corrected chi connectivity index (χ4v) is 3.60. The Morgan fingerprint density at radius 1 is 1.29 bits per heavy atom. The Hall–Kier alpha value is -1.96. The fourth-order valence-electron chi connectivity index (χ4n) is 2.40. The number of halogens is 1. The van der Waals surface area contributed by atoms with E-state index in [0.29, 0.717) is 10.2 Å². The molecule has 0 bridgehead atoms. The first-order valence-corrected chi connectivity index (χ1v) is 8.71. The number of nitrogens with one attached hydrogen (secondary N) is 2. The minimum Gasteiger partial charge on any atom is -0.344 e. The van der Waals surface area contributed by atoms with E-state index in [-0.39, 0.29) is 6.54 Å². The molecule has 0 saturated heterocycles. The van der Waals surface area contributed by atoms with Crippen LogP contribution in [0.2, 0.25) is 5.02 Å². The first-order valence-electron chi connectivity index (χ1n) is 7.52. The molecule has 2 N–H and O–H groups in total. The number of amides is 2. The monoisotopic (exact) mass is 364 g/mol. The molecule has 126 valence electrons. The number of aromatic nitrogens is 1. The van der Waals surface area contributed by atoms with Crippen LogP contribution < -0.4 is 10.6 Å². The van der Waals surface area contributed by atoms with Crippen molar-refractivity contribution in [3.63, 3.8) is 0 Å². The van der Waals surface area contributed by atoms with Gasteiger partial charge >= 0.3 is 11.8 Å². The van der Waals surface area contributed by atoms with Crippen molar-refractivity contribution in [2.45, 2.75) is 19.5 Å². The van der Waals surface area contributed by atoms with E-state index >= 15 is 0 Å². The molecule has 1 aliphatic heterocycles. The minimum absolute atomic E-state index is 0.266. The molecule has 1 aliphatic rings. The van der Waals surface area contributed by atoms with Crippen molar-refractivity contribution in [3.05, 3.63) is 45.4 Å². The third-order valence-corrected chi connectivity index (χ3v) is 4.96. The highest BCUT2D eigenvalue weighted by atomic mass is 35.5. The predicted molar refractivity (Wildman–Crippen MR) is 94.1 cm³/mol. The number of nitrogens with zero attached hydrogens (tertiary/aromatic N) is 2. The third-order valence-electron chi connectivity index (χ3n) is 3.72. The van der Waals surface area contributed by atoms with E-state index in [1.807, 2.05) is 7.05 Å². The predicted octanol–water partition coefficient (Wildman–Crippen LogP) is 2.04. The molecule has 2 amide bonds. The van der Waals surface area contributed by atoms with Crippen LogP contribution >= 0.6 is 22.9 Å². The van der Waals surface area contributed by atoms with Crippen LogP contribution in [0.4, 0.5) is 5.13 Å². The van der Waals surface area contributed by atoms with Gasteiger partial charge in [-0.1, -0.05) is 23.7 Å². The molecule has 0 atom stereocenters. The maximum atomic E-state index is 12.0. The summed E-state index contributed by atoms with van der Waals surface area (Å²) in [5, 5.41) is 6.26. The molecular weight excluding hydrogens is 348 g/mol. The van der Waals surface area contributed by atoms with Crippen LogP contribution in [-0.2, 0) is 29.1 Å². The molecule has 0 radical (unpaired) electrons. The highest BCUT2D eigenvalue weighted by molar-refractivity contribution is 7.16. The molecule has 0 unspecified atom stereocenters. The molecule has 8 heteroatoms. The van der Waals surface area contributed by atoms with Gasteiger partial charge in [-0.2, -0.15) is 0 Å². The van der Waals surface area contributed by atoms with E-state index in [9.17, 15) is 9.59 Å². The average Bonchev–Trinajstić information content (AvgIpc) is 2.95. The Morgan fingerprint density at radius 2 is 2.04 bits per heavy atom. The van der Waals surface area contributed by atoms with Crippen molar-refractivity contribution < 1.29 is 9.59 Å². The number of benzene rings is 1. The molecule has 6 nitrogen and oxygen atoms in total. The maximum Gasteiger partial charge on any atom is 0.315 e. The van der Waals surface area contributed by atoms with E-state index in [4.69, 9.17) is 11.6 Å². The van der Waals surface area contributed by atoms with Gasteiger partial charge in [-0.25, -0.2) is 4.98 Å². The van der Waals surface area contributed by atoms with Gasteiger partial charge in [0.15, 0.2) is 5.13 Å². The number of hydrogen-bond acceptors (Lipinski definition) is 5. The number of carbonyl (C=O) groups excluding carboxylic acids is 2. The molecule has 2 heterocycles. The largest absolute Gasteiger partial charge is 0.344 e. The molecule has 2 aromatic rings. The van der Waals surface area contributed by atoms with Crippen LogP contribution in [0.1, 0.15) is 16.1 Å². The molecule has 0 spiro atoms. The lowest BCUT2D eigenvalue weighted by molar-refractivity contribution is -0.136. The summed E-state index contributed by atoms with van der Waals surface area (Å²) < 4.78 is 0. The molecule has 24 heavy (non-hydrogen) atoms. The van der Waals surface area contributed by atoms with Crippen LogP contribution in [0.25, 0.3) is 0 Å². The molecular formula is C16H17ClN4O2S. The van der Waals surface area contributed by atoms with E-state index < -0.39 is 11.8 Å². The average molecular weight is 365 g/mol. The zero-order chi connectivity index (χ0) is 17.1. The summed E-state index contributed by atoms with van der Waals surface area (Å²) in [6, 6.07) is 7.07. The number of fused-ring (bicyclic) bond motifs is 1. The first-order chi connectivity index (χ1) is 11.5. The molecule has 0 aliphatic carbocycles. The summed E-state index contributed by atoms with van der Waals surface area (Å²) in [6.07, 6.45) is 0.862. The van der Waals surface area contributed by atoms with Gasteiger partial charge in [0, 0.05) is 36.0 Å². The van der Waals surface area contributed by atoms with Gasteiger partial charge in [-0.15, -0.1) is 11.3 Å². The third kappa shape index (κ3) is 4.11. The van der Waals surface area contributed by atoms with Crippen molar-refractivity contribution in [2.75, 3.05) is 18.9 Å². The van der Waals surface area contributed by atoms with Crippen LogP contribution in [0, 0.1) is 0 Å². The topological polar surface area (TPSA) is 74.3 Å². The maximum absolute atomic E-state index is 12.0. The zero-order valence-electron chi connectivity index (χ0n) is 13.1. The lowest BCUT2D eigenvalue weighted by Crippen LogP contribution is -2.34. The summed E-state index contributed by atoms with van der Waals surface area (Å²) in [5.41, 5.74) is 1.88. The standard InChI is InChI=1S/C16H17ClN4O2S/c1-21-7-6-12-13(9-21)24-16(19-12)20-15(23)14(22)18-8-10-2-4-11(17)5-3-10/h2-5H,6-9H2,1H3,(H,18,22)(H,19,20,23). The van der Waals surface area contributed by atoms with Crippen LogP contribution in [-0.4, -0.2) is 35.3 Å². The summed E-state index contributed by atoms with van der Waals surface area (Å²) in [5.74, 6) is -1.39. The number of anilines is 1. The summed E-state index contributed by atoms with van der Waals surface area (Å²) in [6.45, 7) is 2.04. The highest BCUT2D eigenvalue weighted by Crippen LogP contribution is 2.27. The summed E-state index contributed by atoms with van der Waals surface area (Å²) in [7, 11) is 2.05. The minimum atomic E-state index is -0.705. The Morgan fingerprint density at radius 3 is 2.79 bits per heavy atom. The van der Waals surface area contributed by atoms with Crippen LogP contribution in [0.3, 0.4) is 0 Å². The lowest BCUT2D eigenvalue weighted by Gasteiger charge is -2.20. The van der Waals surface area contributed by atoms with Crippen molar-refractivity contribution in [2.24, 2.45) is 0 Å². The number of hydrogen-bond donors (Lipinski definition) is 2. The van der Waals surface area contributed by atoms with Crippen LogP contribution in [0.5, 0.6) is 0 Å². The quantitative estimate of drug-likeness (QED) is 0.817. The van der Waals surface area contributed by atoms with Gasteiger partial charge in [0.25, 0.3) is 0 Å². The number of rotatable bonds is 3. The van der Waals surface area contributed by atoms with Crippen molar-refractivity contribution in [1.82, 2.24) is 15.2 Å². The molecule has 1 aromatic carbocycles. The summed E-state index contributed by atoms with van der Waals surface area (Å²) >= 11 is 7.23. The van der Waals surface area contributed by atoms with E-state index in [2.05, 4.69) is 20.5 Å². The van der Waals surface area contributed by atoms with E-state index in [1.54, 1.807) is 24.3 Å². The van der Waals surface area contributed by atoms with Gasteiger partial charge in [0.1, 0.15) is 0 Å². The van der Waals surface area contributed by atoms with Crippen molar-refractivity contribution in [3.8, 4) is 0 Å². The van der Waals surface area contributed by atoms with Crippen LogP contribution in [0.15, 0.2) is 24.3 Å². The van der Waals surface area contributed by atoms with E-state index in [0.717, 1.165) is 35.6 Å². The molecule has 0 fully saturated rings. The second-order valence-electron chi connectivity index (χ2n) is 5.64. The van der Waals surface area contributed by atoms with Gasteiger partial charge < -0.3 is 10.2 Å². The molecule has 3 rings (SSSR count). The molecule has 0 saturated carbocycles. The SMILES string of the molecule is CN1CCc2nc(NC(=O)C(=O)NCc3ccc(Cl)cc3)sc2C1. The molecule has 1 aromatic heterocycles. The van der Waals surface area contributed by atoms with Crippen molar-refractivity contribution >= 4 is 39.9 Å². The lowest BCUT2D eigenvalue weighted by atomic mass is 10.2. The van der Waals surface area contributed by atoms with Gasteiger partial charge in [0.2, 0.25) is 0 Å². The smallest absolute Gasteiger partial charge is 0.315 e. The first kappa shape index (κ1) is 16.9. The zero-order valence-corrected chi connectivity index (χ0v) is 14.7. The van der Waals surface area contributed by atoms with E-state index in [1.165, 1.54) is 11.3 Å². The second-order valence-corrected chi connectivity index (χ2v) is 7.16. The normalized spacial score (nSPS) is 14.1. The Kier molecular flexibility index (Phi) is 5.13. The highest BCUT2D eigenvalue weighted by Gasteiger charge is 2.21. The van der Waals surface area contributed by atoms with Gasteiger partial charge in [-0.05, 0) is 24.7 Å². The Bertz CT molecular complexity index is 760. The number of thiazole rings is 1. The second kappa shape index (κ2) is 7.29. The summed E-state index contributed by atoms with van der Waals surface area (Å²) in [4.78, 5) is 31.6. The van der Waals surface area contributed by atoms with Crippen molar-refractivity contribution in [1.29, 1.82) is 0 Å². The van der Waals surface area contributed by atoms with Gasteiger partial charge in [0.05, 0.1) is 5.69 Å². The van der Waals surface area contributed by atoms with Gasteiger partial charge in [-0.3, -0.25) is 14.9 Å².